The molecule has 0 bridgehead atoms. The number of aliphatic hydroxyl groups excluding tert-OH is 4. The number of ether oxygens (including phenoxy) is 4. The SMILES string of the molecule is C=C(C)[C@@H]1CC[C@]2(CO)CC[C@]3(C)[C@H](CC[C@@H]4[C@@]5(C)CC[C@H](OC(=O)CC(C)(C)CC(=O)CO)C(C)(C)[C@@H]5CC[C@]43C)[C@@H]12.C=C(C)[C@@H]1CC[C@]2(COC(=O)CC(C)(C)CC(=O)OC)CC[C@]3(C)[C@H](CC[C@@H]4[C@@]5(C)CC[C@H](OC(=O)CC(C)(C)CC(=O)CO)C(C)(C)[C@@H]5CC[C@]43C)[C@@H]12.CO.C[O-].C[O-].[Mg+2]. The molecule has 20 atom stereocenters. The summed E-state index contributed by atoms with van der Waals surface area (Å²) in [5.41, 5.74) is 1.86. The van der Waals surface area contributed by atoms with Crippen LogP contribution in [-0.2, 0) is 47.7 Å². The van der Waals surface area contributed by atoms with E-state index in [0.717, 1.165) is 98.4 Å². The number of fused-ring (bicyclic) bond motifs is 14. The third kappa shape index (κ3) is 17.2. The summed E-state index contributed by atoms with van der Waals surface area (Å²) < 4.78 is 23.7. The van der Waals surface area contributed by atoms with Crippen molar-refractivity contribution in [3.8, 4) is 0 Å². The van der Waals surface area contributed by atoms with Gasteiger partial charge in [-0.3, -0.25) is 28.8 Å². The molecule has 0 radical (unpaired) electrons. The maximum absolute atomic E-state index is 13.3. The van der Waals surface area contributed by atoms with Crippen LogP contribution in [0.3, 0.4) is 0 Å². The summed E-state index contributed by atoms with van der Waals surface area (Å²) in [4.78, 5) is 75.7. The molecule has 10 aliphatic carbocycles. The van der Waals surface area contributed by atoms with Crippen molar-refractivity contribution < 1.29 is 78.4 Å². The minimum absolute atomic E-state index is 0. The third-order valence-corrected chi connectivity index (χ3v) is 32.2. The summed E-state index contributed by atoms with van der Waals surface area (Å²) in [7, 11) is 3.88. The number of esters is 4. The molecule has 0 aromatic heterocycles. The summed E-state index contributed by atoms with van der Waals surface area (Å²) in [6, 6.07) is 0. The second-order valence-electron chi connectivity index (χ2n) is 40.1. The second-order valence-corrected chi connectivity index (χ2v) is 40.1. The molecule has 10 rings (SSSR count). The number of hydrogen-bond acceptors (Lipinski definition) is 16. The van der Waals surface area contributed by atoms with Gasteiger partial charge in [-0.1, -0.05) is 135 Å². The molecule has 0 saturated heterocycles. The predicted molar refractivity (Wildman–Crippen MR) is 407 cm³/mol. The van der Waals surface area contributed by atoms with Crippen LogP contribution in [0.25, 0.3) is 0 Å². The maximum atomic E-state index is 13.3. The van der Waals surface area contributed by atoms with Gasteiger partial charge in [0, 0.05) is 42.8 Å². The van der Waals surface area contributed by atoms with Gasteiger partial charge in [0.15, 0.2) is 11.6 Å². The minimum Gasteiger partial charge on any atom is -0.857 e. The van der Waals surface area contributed by atoms with Crippen LogP contribution in [0, 0.1) is 130 Å². The standard InChI is InChI=1S/C46H74O8.C38H62O5.CH4O.2CH3O.Mg/c1-29(2)31-15-20-46(28-53-37(50)25-41(5,6)24-36(49)52-12)22-21-44(10)32(39(31)46)13-14-34-43(9)18-17-35(42(7,8)33(43)16-19-45(34,44)11)54-38(51)26-40(3,4)23-30(48)27-47;1-24(2)26-12-17-38(23-40)19-18-36(8)27(32(26)38)10-11-29-35(7)15-14-30(34(5,6)28(35)13-16-37(29,36)9)43-31(42)21-33(3,4)20-25(41)22-39;3*1-2;/h31-35,39,47H,1,13-28H2,2-12H3;26-30,32,39-40H,1,10-23H2,2-9H3;2H,1H3;2*1H3;/q;;;2*-1;+2/t31-,32+,33-,34+,35-,39+,43-,44+,45+,46+;26-,27+,28-,29+,30-,32+,35-,36+,37+,38+;;;;/m00..../s1. The van der Waals surface area contributed by atoms with Crippen molar-refractivity contribution in [2.75, 3.05) is 54.9 Å². The van der Waals surface area contributed by atoms with E-state index in [1.165, 1.54) is 69.6 Å². The Labute approximate surface area is 645 Å². The zero-order chi connectivity index (χ0) is 78.1. The van der Waals surface area contributed by atoms with Crippen molar-refractivity contribution in [3.05, 3.63) is 24.3 Å². The molecule has 104 heavy (non-hydrogen) atoms. The summed E-state index contributed by atoms with van der Waals surface area (Å²) in [5.74, 6) is 3.76. The van der Waals surface area contributed by atoms with Gasteiger partial charge in [-0.15, -0.1) is 0 Å². The number of allylic oxidation sites excluding steroid dienone is 2. The summed E-state index contributed by atoms with van der Waals surface area (Å²) in [5, 5.41) is 52.7. The van der Waals surface area contributed by atoms with E-state index in [1.54, 1.807) is 0 Å². The Morgan fingerprint density at radius 3 is 1.13 bits per heavy atom. The van der Waals surface area contributed by atoms with Crippen molar-refractivity contribution in [2.24, 2.45) is 130 Å². The second kappa shape index (κ2) is 34.5. The van der Waals surface area contributed by atoms with Crippen molar-refractivity contribution in [3.63, 3.8) is 0 Å². The Kier molecular flexibility index (Phi) is 30.4. The van der Waals surface area contributed by atoms with E-state index in [2.05, 4.69) is 96.2 Å². The van der Waals surface area contributed by atoms with E-state index in [1.807, 2.05) is 41.5 Å². The van der Waals surface area contributed by atoms with Crippen molar-refractivity contribution in [1.82, 2.24) is 0 Å². The Hall–Kier alpha value is -2.77. The Morgan fingerprint density at radius 1 is 0.423 bits per heavy atom. The fourth-order valence-electron chi connectivity index (χ4n) is 27.1. The van der Waals surface area contributed by atoms with Gasteiger partial charge >= 0.3 is 46.9 Å². The van der Waals surface area contributed by atoms with Crippen LogP contribution in [0.4, 0.5) is 0 Å². The fraction of sp³-hybridized carbons (Fsp3) is 0.885. The van der Waals surface area contributed by atoms with E-state index in [-0.39, 0.29) is 163 Å². The molecule has 4 N–H and O–H groups in total. The van der Waals surface area contributed by atoms with Gasteiger partial charge in [0.25, 0.3) is 0 Å². The third-order valence-electron chi connectivity index (χ3n) is 32.2. The number of hydrogen-bond donors (Lipinski definition) is 4. The number of methoxy groups -OCH3 is 1. The van der Waals surface area contributed by atoms with E-state index < -0.39 is 29.5 Å². The molecule has 0 amide bonds. The van der Waals surface area contributed by atoms with Crippen molar-refractivity contribution in [2.45, 2.75) is 304 Å². The maximum Gasteiger partial charge on any atom is 2.00 e. The first-order valence-electron chi connectivity index (χ1n) is 39.9. The van der Waals surface area contributed by atoms with E-state index in [0.29, 0.717) is 72.4 Å². The Bertz CT molecular complexity index is 3010. The van der Waals surface area contributed by atoms with Crippen LogP contribution in [0.2, 0.25) is 0 Å². The normalized spacial score (nSPS) is 38.9. The molecule has 16 nitrogen and oxygen atoms in total. The molecule has 17 heteroatoms. The first-order valence-corrected chi connectivity index (χ1v) is 39.9. The molecular formula is C87H146MgO16. The molecule has 10 fully saturated rings. The molecular weight excluding hydrogens is 1330 g/mol. The molecule has 0 unspecified atom stereocenters. The zero-order valence-corrected chi connectivity index (χ0v) is 70.9. The Balaban J connectivity index is 0.000000353. The molecule has 0 aromatic rings. The number of rotatable bonds is 21. The molecule has 0 spiro atoms. The van der Waals surface area contributed by atoms with Crippen LogP contribution in [0.15, 0.2) is 24.3 Å². The first kappa shape index (κ1) is 91.8. The van der Waals surface area contributed by atoms with Gasteiger partial charge in [0.1, 0.15) is 25.4 Å². The van der Waals surface area contributed by atoms with E-state index in [9.17, 15) is 44.1 Å². The molecule has 0 heterocycles. The number of carbonyl (C=O) groups excluding carboxylic acids is 6. The zero-order valence-electron chi connectivity index (χ0n) is 69.5. The minimum atomic E-state index is -0.560. The van der Waals surface area contributed by atoms with Gasteiger partial charge in [0.2, 0.25) is 0 Å². The quantitative estimate of drug-likeness (QED) is 0.0360. The smallest absolute Gasteiger partial charge is 0.857 e. The fourth-order valence-corrected chi connectivity index (χ4v) is 27.1. The van der Waals surface area contributed by atoms with Gasteiger partial charge in [-0.2, -0.15) is 14.2 Å². The van der Waals surface area contributed by atoms with Crippen LogP contribution in [0.5, 0.6) is 0 Å². The number of aliphatic hydroxyl groups is 4. The number of carbonyl (C=O) groups is 6. The van der Waals surface area contributed by atoms with Crippen LogP contribution >= 0.6 is 0 Å². The summed E-state index contributed by atoms with van der Waals surface area (Å²) in [6.07, 6.45) is 23.3. The van der Waals surface area contributed by atoms with Gasteiger partial charge in [-0.05, 0) is 256 Å². The van der Waals surface area contributed by atoms with Gasteiger partial charge < -0.3 is 49.6 Å². The van der Waals surface area contributed by atoms with Gasteiger partial charge in [-0.25, -0.2) is 0 Å². The first-order chi connectivity index (χ1) is 47.8. The number of Topliss-reactive ketones (excluding diaryl/α,β-unsaturated/α-hetero) is 2. The number of ketones is 2. The van der Waals surface area contributed by atoms with Crippen LogP contribution in [0.1, 0.15) is 292 Å². The molecule has 0 aromatic carbocycles. The molecule has 592 valence electrons. The Morgan fingerprint density at radius 2 is 0.769 bits per heavy atom. The monoisotopic (exact) mass is 1470 g/mol. The topological polar surface area (TPSA) is 266 Å². The van der Waals surface area contributed by atoms with Crippen molar-refractivity contribution in [1.29, 1.82) is 0 Å². The molecule has 10 aliphatic rings. The summed E-state index contributed by atoms with van der Waals surface area (Å²) in [6.45, 7) is 49.7. The summed E-state index contributed by atoms with van der Waals surface area (Å²) >= 11 is 0. The predicted octanol–water partition coefficient (Wildman–Crippen LogP) is 14.5. The van der Waals surface area contributed by atoms with Crippen LogP contribution in [-0.4, -0.2) is 146 Å². The van der Waals surface area contributed by atoms with Crippen LogP contribution < -0.4 is 10.2 Å². The van der Waals surface area contributed by atoms with E-state index in [4.69, 9.17) is 34.3 Å². The van der Waals surface area contributed by atoms with E-state index >= 15 is 0 Å². The largest absolute Gasteiger partial charge is 2.00 e. The average molecular weight is 1470 g/mol. The molecule has 0 aliphatic heterocycles. The average Bonchev–Trinajstić information content (AvgIpc) is 1.06. The molecule has 10 saturated carbocycles. The van der Waals surface area contributed by atoms with Crippen molar-refractivity contribution >= 4 is 58.5 Å². The van der Waals surface area contributed by atoms with Gasteiger partial charge in [0.05, 0.1) is 39.4 Å².